The molecule has 8 aromatic carbocycles. The molecule has 0 spiro atoms. The molecule has 75 heavy (non-hydrogen) atoms. The van der Waals surface area contributed by atoms with Crippen molar-refractivity contribution in [2.45, 2.75) is 131 Å². The minimum atomic E-state index is -0.146. The average molecular weight is 984 g/mol. The first-order chi connectivity index (χ1) is 35.7. The Morgan fingerprint density at radius 2 is 0.973 bits per heavy atom. The Balaban J connectivity index is 1.31. The van der Waals surface area contributed by atoms with Gasteiger partial charge in [-0.1, -0.05) is 200 Å². The van der Waals surface area contributed by atoms with Crippen molar-refractivity contribution in [1.82, 2.24) is 0 Å². The molecule has 3 heterocycles. The zero-order valence-corrected chi connectivity index (χ0v) is 46.7. The van der Waals surface area contributed by atoms with Crippen molar-refractivity contribution in [3.05, 3.63) is 204 Å². The van der Waals surface area contributed by atoms with Crippen molar-refractivity contribution >= 4 is 85.5 Å². The van der Waals surface area contributed by atoms with Crippen LogP contribution in [0.2, 0.25) is 0 Å². The van der Waals surface area contributed by atoms with E-state index in [1.54, 1.807) is 0 Å². The van der Waals surface area contributed by atoms with Crippen LogP contribution in [0.1, 0.15) is 131 Å². The lowest BCUT2D eigenvalue weighted by Gasteiger charge is -2.44. The van der Waals surface area contributed by atoms with Crippen LogP contribution in [0.15, 0.2) is 180 Å². The number of benzene rings is 8. The number of para-hydroxylation sites is 2. The van der Waals surface area contributed by atoms with Crippen LogP contribution in [-0.2, 0) is 28.1 Å². The van der Waals surface area contributed by atoms with E-state index in [9.17, 15) is 0 Å². The van der Waals surface area contributed by atoms with Crippen LogP contribution >= 0.6 is 0 Å². The van der Waals surface area contributed by atoms with Gasteiger partial charge >= 0.3 is 0 Å². The van der Waals surface area contributed by atoms with Gasteiger partial charge in [-0.25, -0.2) is 0 Å². The smallest absolute Gasteiger partial charge is 0.257 e. The van der Waals surface area contributed by atoms with Crippen molar-refractivity contribution in [2.24, 2.45) is 0 Å². The molecule has 0 radical (unpaired) electrons. The van der Waals surface area contributed by atoms with Crippen molar-refractivity contribution < 1.29 is 4.42 Å². The number of anilines is 9. The first-order valence-corrected chi connectivity index (χ1v) is 27.4. The number of aryl methyl sites for hydroxylation is 1. The number of hydrogen-bond acceptors (Lipinski definition) is 4. The third-order valence-electron chi connectivity index (χ3n) is 15.9. The first-order valence-electron chi connectivity index (χ1n) is 27.4. The lowest BCUT2D eigenvalue weighted by Crippen LogP contribution is -2.61. The number of unbranched alkanes of at least 4 members (excludes halogenated alkanes) is 1. The molecule has 378 valence electrons. The highest BCUT2D eigenvalue weighted by molar-refractivity contribution is 7.01. The highest BCUT2D eigenvalue weighted by Gasteiger charge is 2.48. The molecule has 5 heteroatoms. The second-order valence-electron chi connectivity index (χ2n) is 25.4. The zero-order valence-electron chi connectivity index (χ0n) is 46.7. The predicted molar refractivity (Wildman–Crippen MR) is 324 cm³/mol. The molecule has 11 rings (SSSR count). The Labute approximate surface area is 448 Å². The highest BCUT2D eigenvalue weighted by Crippen LogP contribution is 2.52. The fourth-order valence-corrected chi connectivity index (χ4v) is 11.6. The first kappa shape index (κ1) is 49.9. The van der Waals surface area contributed by atoms with E-state index in [-0.39, 0.29) is 28.4 Å². The van der Waals surface area contributed by atoms with Gasteiger partial charge in [0, 0.05) is 50.5 Å². The van der Waals surface area contributed by atoms with Gasteiger partial charge in [0.25, 0.3) is 6.71 Å². The Hall–Kier alpha value is -7.24. The predicted octanol–water partition coefficient (Wildman–Crippen LogP) is 18.2. The van der Waals surface area contributed by atoms with Gasteiger partial charge in [-0.15, -0.1) is 0 Å². The molecule has 0 amide bonds. The van der Waals surface area contributed by atoms with E-state index in [1.807, 2.05) is 0 Å². The molecule has 4 nitrogen and oxygen atoms in total. The molecule has 9 aromatic rings. The largest absolute Gasteiger partial charge is 0.440 e. The average Bonchev–Trinajstić information content (AvgIpc) is 3.84. The Bertz CT molecular complexity index is 3520. The lowest BCUT2D eigenvalue weighted by atomic mass is 9.33. The second kappa shape index (κ2) is 18.6. The maximum absolute atomic E-state index is 7.48. The van der Waals surface area contributed by atoms with E-state index in [0.717, 1.165) is 70.5 Å². The summed E-state index contributed by atoms with van der Waals surface area (Å²) in [5, 5.41) is 1.24. The summed E-state index contributed by atoms with van der Waals surface area (Å²) < 4.78 is 7.48. The van der Waals surface area contributed by atoms with Crippen molar-refractivity contribution in [3.63, 3.8) is 0 Å². The summed E-state index contributed by atoms with van der Waals surface area (Å²) >= 11 is 0. The summed E-state index contributed by atoms with van der Waals surface area (Å²) in [5.41, 5.74) is 22.4. The summed E-state index contributed by atoms with van der Waals surface area (Å²) in [5.74, 6) is 0.888. The molecule has 1 aromatic heterocycles. The van der Waals surface area contributed by atoms with Crippen LogP contribution in [0.4, 0.5) is 51.4 Å². The van der Waals surface area contributed by atoms with Crippen LogP contribution in [0.3, 0.4) is 0 Å². The summed E-state index contributed by atoms with van der Waals surface area (Å²) in [6.45, 7) is 30.0. The number of furan rings is 1. The Morgan fingerprint density at radius 1 is 0.453 bits per heavy atom. The molecule has 2 aliphatic heterocycles. The number of fused-ring (bicyclic) bond motifs is 6. The molecule has 0 unspecified atom stereocenters. The van der Waals surface area contributed by atoms with Crippen molar-refractivity contribution in [1.29, 1.82) is 0 Å². The summed E-state index contributed by atoms with van der Waals surface area (Å²) in [6, 6.07) is 66.6. The molecule has 0 atom stereocenters. The maximum atomic E-state index is 7.48. The van der Waals surface area contributed by atoms with E-state index >= 15 is 0 Å². The quantitative estimate of drug-likeness (QED) is 0.134. The van der Waals surface area contributed by atoms with Crippen LogP contribution in [0, 0.1) is 0 Å². The normalized spacial score (nSPS) is 13.5. The fraction of sp³-hybridized carbons (Fsp3) is 0.286. The monoisotopic (exact) mass is 984 g/mol. The third kappa shape index (κ3) is 8.96. The number of nitrogens with zero attached hydrogens (tertiary/aromatic N) is 3. The molecule has 0 saturated heterocycles. The Morgan fingerprint density at radius 3 is 1.53 bits per heavy atom. The molecular weight excluding hydrogens is 910 g/mol. The van der Waals surface area contributed by atoms with Gasteiger partial charge in [-0.05, 0) is 152 Å². The van der Waals surface area contributed by atoms with Gasteiger partial charge in [0.15, 0.2) is 0 Å². The van der Waals surface area contributed by atoms with Gasteiger partial charge in [0.1, 0.15) is 5.58 Å². The van der Waals surface area contributed by atoms with E-state index in [1.165, 1.54) is 66.4 Å². The summed E-state index contributed by atoms with van der Waals surface area (Å²) in [6.07, 6.45) is 3.20. The van der Waals surface area contributed by atoms with E-state index in [2.05, 4.69) is 281 Å². The molecule has 0 bridgehead atoms. The van der Waals surface area contributed by atoms with Crippen LogP contribution in [0.25, 0.3) is 22.1 Å². The van der Waals surface area contributed by atoms with Gasteiger partial charge < -0.3 is 14.2 Å². The standard InChI is InChI=1S/C70H74BN3O/c1-14-15-23-47-24-22-29-62-63(47)65-66(75-62)73(54-38-34-49(35-39-54)68(5,6)7)60-44-55(72(52-25-18-16-19-26-52)53-27-20-17-21-28-53)45-61-64(60)71(65)57-43-51(70(11,12)13)37-41-59(57)74(61)58-40-36-50(69(8,9)10)42-56(58)46-30-32-48(33-31-46)67(2,3)4/h16-22,24-45H,14-15,23H2,1-13H3. The van der Waals surface area contributed by atoms with Crippen molar-refractivity contribution in [2.75, 3.05) is 14.7 Å². The van der Waals surface area contributed by atoms with E-state index in [4.69, 9.17) is 4.42 Å². The molecule has 0 saturated carbocycles. The summed E-state index contributed by atoms with van der Waals surface area (Å²) in [4.78, 5) is 7.51. The second-order valence-corrected chi connectivity index (χ2v) is 25.4. The number of hydrogen-bond donors (Lipinski definition) is 0. The SMILES string of the molecule is CCCCc1cccc2oc3c(c12)B1c2cc(C(C)(C)C)ccc2N(c2ccc(C(C)(C)C)cc2-c2ccc(C(C)(C)C)cc2)c2cc(N(c4ccccc4)c4ccccc4)cc(c21)N3c1ccc(C(C)(C)C)cc1. The van der Waals surface area contributed by atoms with Gasteiger partial charge in [0.05, 0.1) is 11.4 Å². The van der Waals surface area contributed by atoms with Gasteiger partial charge in [-0.3, -0.25) is 4.90 Å². The third-order valence-corrected chi connectivity index (χ3v) is 15.9. The minimum absolute atomic E-state index is 0.0164. The lowest BCUT2D eigenvalue weighted by molar-refractivity contribution is 0.590. The molecular formula is C70H74BN3O. The topological polar surface area (TPSA) is 22.9 Å². The van der Waals surface area contributed by atoms with Crippen LogP contribution < -0.4 is 31.1 Å². The van der Waals surface area contributed by atoms with Crippen LogP contribution in [-0.4, -0.2) is 6.71 Å². The van der Waals surface area contributed by atoms with E-state index in [0.29, 0.717) is 0 Å². The zero-order chi connectivity index (χ0) is 52.8. The number of rotatable bonds is 9. The summed E-state index contributed by atoms with van der Waals surface area (Å²) in [7, 11) is 0. The van der Waals surface area contributed by atoms with Gasteiger partial charge in [-0.2, -0.15) is 0 Å². The molecule has 0 aliphatic carbocycles. The fourth-order valence-electron chi connectivity index (χ4n) is 11.6. The molecule has 2 aliphatic rings. The Kier molecular flexibility index (Phi) is 12.4. The molecule has 0 N–H and O–H groups in total. The minimum Gasteiger partial charge on any atom is -0.440 e. The van der Waals surface area contributed by atoms with Crippen LogP contribution in [0.5, 0.6) is 0 Å². The van der Waals surface area contributed by atoms with E-state index < -0.39 is 0 Å². The van der Waals surface area contributed by atoms with Gasteiger partial charge in [0.2, 0.25) is 5.88 Å². The molecule has 0 fully saturated rings. The maximum Gasteiger partial charge on any atom is 0.257 e. The van der Waals surface area contributed by atoms with Crippen molar-refractivity contribution in [3.8, 4) is 11.1 Å². The highest BCUT2D eigenvalue weighted by atomic mass is 16.4.